The highest BCUT2D eigenvalue weighted by molar-refractivity contribution is 7.07. The largest absolute Gasteiger partial charge is 0.490 e. The average molecular weight is 580 g/mol. The van der Waals surface area contributed by atoms with Crippen molar-refractivity contribution in [3.8, 4) is 17.6 Å². The van der Waals surface area contributed by atoms with Crippen molar-refractivity contribution >= 4 is 23.4 Å². The quantitative estimate of drug-likeness (QED) is 0.268. The second-order valence-electron chi connectivity index (χ2n) is 9.41. The highest BCUT2D eigenvalue weighted by Crippen LogP contribution is 2.31. The Labute approximate surface area is 247 Å². The molecular weight excluding hydrogens is 550 g/mol. The molecule has 3 aromatic carbocycles. The maximum absolute atomic E-state index is 13.9. The Kier molecular flexibility index (Phi) is 8.65. The van der Waals surface area contributed by atoms with Gasteiger partial charge < -0.3 is 14.2 Å². The van der Waals surface area contributed by atoms with Gasteiger partial charge in [-0.1, -0.05) is 65.9 Å². The second kappa shape index (κ2) is 12.7. The van der Waals surface area contributed by atoms with Gasteiger partial charge in [0, 0.05) is 5.56 Å². The van der Waals surface area contributed by atoms with E-state index in [4.69, 9.17) is 14.2 Å². The van der Waals surface area contributed by atoms with Crippen LogP contribution in [-0.2, 0) is 16.1 Å². The van der Waals surface area contributed by atoms with Crippen molar-refractivity contribution in [1.82, 2.24) is 4.57 Å². The first-order valence-corrected chi connectivity index (χ1v) is 14.4. The Balaban J connectivity index is 1.54. The van der Waals surface area contributed by atoms with Gasteiger partial charge in [0.05, 0.1) is 46.7 Å². The number of ether oxygens (including phenoxy) is 3. The zero-order chi connectivity index (χ0) is 29.6. The molecule has 4 aromatic rings. The number of nitrogens with zero attached hydrogens (tertiary/aromatic N) is 3. The number of carbonyl (C=O) groups is 1. The Morgan fingerprint density at radius 3 is 2.52 bits per heavy atom. The molecule has 0 radical (unpaired) electrons. The molecule has 0 saturated carbocycles. The van der Waals surface area contributed by atoms with Crippen LogP contribution in [0, 0.1) is 11.3 Å². The number of hydrogen-bond donors (Lipinski definition) is 0. The summed E-state index contributed by atoms with van der Waals surface area (Å²) in [7, 11) is 0. The van der Waals surface area contributed by atoms with Crippen molar-refractivity contribution in [3.63, 3.8) is 0 Å². The van der Waals surface area contributed by atoms with Gasteiger partial charge in [-0.05, 0) is 56.2 Å². The highest BCUT2D eigenvalue weighted by Gasteiger charge is 2.33. The molecule has 2 heterocycles. The minimum atomic E-state index is -0.658. The molecule has 0 aliphatic carbocycles. The van der Waals surface area contributed by atoms with Crippen LogP contribution in [-0.4, -0.2) is 23.8 Å². The van der Waals surface area contributed by atoms with Crippen LogP contribution in [0.3, 0.4) is 0 Å². The number of nitriles is 1. The number of allylic oxidation sites excluding steroid dienone is 1. The number of carbonyl (C=O) groups excluding carboxylic acids is 1. The van der Waals surface area contributed by atoms with Crippen molar-refractivity contribution in [2.45, 2.75) is 33.4 Å². The zero-order valence-corrected chi connectivity index (χ0v) is 24.3. The molecule has 42 heavy (non-hydrogen) atoms. The third-order valence-corrected chi connectivity index (χ3v) is 7.70. The van der Waals surface area contributed by atoms with E-state index >= 15 is 0 Å². The summed E-state index contributed by atoms with van der Waals surface area (Å²) in [5, 5.41) is 9.38. The van der Waals surface area contributed by atoms with E-state index in [1.165, 1.54) is 11.3 Å². The summed E-state index contributed by atoms with van der Waals surface area (Å²) in [4.78, 5) is 32.0. The maximum Gasteiger partial charge on any atom is 0.338 e. The molecule has 1 atom stereocenters. The zero-order valence-electron chi connectivity index (χ0n) is 23.5. The average Bonchev–Trinajstić information content (AvgIpc) is 3.30. The van der Waals surface area contributed by atoms with E-state index in [9.17, 15) is 14.9 Å². The molecule has 9 heteroatoms. The Hall–Kier alpha value is -4.94. The third-order valence-electron chi connectivity index (χ3n) is 6.72. The lowest BCUT2D eigenvalue weighted by atomic mass is 9.96. The van der Waals surface area contributed by atoms with E-state index < -0.39 is 12.0 Å². The molecule has 1 aliphatic rings. The van der Waals surface area contributed by atoms with E-state index in [1.807, 2.05) is 67.6 Å². The summed E-state index contributed by atoms with van der Waals surface area (Å²) in [6, 6.07) is 23.7. The topological polar surface area (TPSA) is 103 Å². The van der Waals surface area contributed by atoms with E-state index in [1.54, 1.807) is 36.6 Å². The molecule has 1 aliphatic heterocycles. The predicted molar refractivity (Wildman–Crippen MR) is 160 cm³/mol. The van der Waals surface area contributed by atoms with Crippen LogP contribution in [0.25, 0.3) is 6.08 Å². The molecule has 8 nitrogen and oxygen atoms in total. The smallest absolute Gasteiger partial charge is 0.338 e. The van der Waals surface area contributed by atoms with E-state index in [0.717, 1.165) is 16.7 Å². The summed E-state index contributed by atoms with van der Waals surface area (Å²) in [5.74, 6) is 0.564. The molecule has 0 amide bonds. The van der Waals surface area contributed by atoms with Gasteiger partial charge in [-0.2, -0.15) is 5.26 Å². The van der Waals surface area contributed by atoms with Crippen LogP contribution < -0.4 is 24.4 Å². The van der Waals surface area contributed by atoms with E-state index in [0.29, 0.717) is 44.3 Å². The Morgan fingerprint density at radius 2 is 1.79 bits per heavy atom. The number of aromatic nitrogens is 1. The minimum Gasteiger partial charge on any atom is -0.490 e. The number of benzene rings is 3. The molecule has 0 bridgehead atoms. The Morgan fingerprint density at radius 1 is 1.02 bits per heavy atom. The van der Waals surface area contributed by atoms with Crippen molar-refractivity contribution in [3.05, 3.63) is 126 Å². The molecule has 0 fully saturated rings. The van der Waals surface area contributed by atoms with Gasteiger partial charge in [-0.3, -0.25) is 9.36 Å². The van der Waals surface area contributed by atoms with Gasteiger partial charge in [0.15, 0.2) is 16.3 Å². The summed E-state index contributed by atoms with van der Waals surface area (Å²) >= 11 is 1.26. The number of thiazole rings is 1. The van der Waals surface area contributed by atoms with Crippen molar-refractivity contribution in [2.75, 3.05) is 13.2 Å². The third kappa shape index (κ3) is 5.76. The molecule has 0 unspecified atom stereocenters. The molecule has 1 aromatic heterocycles. The predicted octanol–water partition coefficient (Wildman–Crippen LogP) is 4.65. The SMILES string of the molecule is CCOC(=O)C1=C(C)N=c2s/c(=C/c3ccc(OCc4ccccc4C#N)c(OCC)c3)c(=O)n2[C@@H]1c1ccccc1. The van der Waals surface area contributed by atoms with Gasteiger partial charge in [0.25, 0.3) is 5.56 Å². The van der Waals surface area contributed by atoms with Crippen LogP contribution in [0.2, 0.25) is 0 Å². The second-order valence-corrected chi connectivity index (χ2v) is 10.4. The fourth-order valence-electron chi connectivity index (χ4n) is 4.81. The number of rotatable bonds is 9. The monoisotopic (exact) mass is 579 g/mol. The fourth-order valence-corrected chi connectivity index (χ4v) is 5.85. The lowest BCUT2D eigenvalue weighted by Crippen LogP contribution is -2.39. The summed E-state index contributed by atoms with van der Waals surface area (Å²) in [5.41, 5.74) is 3.48. The van der Waals surface area contributed by atoms with Crippen LogP contribution >= 0.6 is 11.3 Å². The van der Waals surface area contributed by atoms with Crippen molar-refractivity contribution in [1.29, 1.82) is 5.26 Å². The molecule has 5 rings (SSSR count). The van der Waals surface area contributed by atoms with Crippen LogP contribution in [0.15, 0.2) is 93.9 Å². The molecule has 0 spiro atoms. The summed E-state index contributed by atoms with van der Waals surface area (Å²) < 4.78 is 19.3. The van der Waals surface area contributed by atoms with Gasteiger partial charge in [0.1, 0.15) is 6.61 Å². The van der Waals surface area contributed by atoms with Crippen LogP contribution in [0.4, 0.5) is 0 Å². The normalized spacial score (nSPS) is 14.5. The highest BCUT2D eigenvalue weighted by atomic mass is 32.1. The van der Waals surface area contributed by atoms with Crippen LogP contribution in [0.1, 0.15) is 49.1 Å². The number of hydrogen-bond acceptors (Lipinski definition) is 8. The fraction of sp³-hybridized carbons (Fsp3) is 0.212. The van der Waals surface area contributed by atoms with E-state index in [-0.39, 0.29) is 18.8 Å². The van der Waals surface area contributed by atoms with Crippen molar-refractivity contribution in [2.24, 2.45) is 4.99 Å². The van der Waals surface area contributed by atoms with Gasteiger partial charge in [-0.15, -0.1) is 0 Å². The lowest BCUT2D eigenvalue weighted by Gasteiger charge is -2.24. The first-order valence-electron chi connectivity index (χ1n) is 13.6. The maximum atomic E-state index is 13.9. The lowest BCUT2D eigenvalue weighted by molar-refractivity contribution is -0.139. The van der Waals surface area contributed by atoms with Gasteiger partial charge >= 0.3 is 5.97 Å². The standard InChI is InChI=1S/C33H29N3O5S/c1-4-39-27-17-22(15-16-26(27)41-20-25-14-10-9-13-24(25)19-34)18-28-31(37)36-30(23-11-7-6-8-12-23)29(32(38)40-5-2)21(3)35-33(36)42-28/h6-18,30H,4-5,20H2,1-3H3/b28-18+/t30-/m1/s1. The summed E-state index contributed by atoms with van der Waals surface area (Å²) in [6.07, 6.45) is 1.78. The van der Waals surface area contributed by atoms with Gasteiger partial charge in [-0.25, -0.2) is 9.79 Å². The first-order chi connectivity index (χ1) is 20.4. The molecule has 212 valence electrons. The molecular formula is C33H29N3O5S. The number of fused-ring (bicyclic) bond motifs is 1. The van der Waals surface area contributed by atoms with Crippen LogP contribution in [0.5, 0.6) is 11.5 Å². The van der Waals surface area contributed by atoms with Crippen molar-refractivity contribution < 1.29 is 19.0 Å². The number of esters is 1. The Bertz CT molecular complexity index is 1880. The molecule has 0 N–H and O–H groups in total. The van der Waals surface area contributed by atoms with E-state index in [2.05, 4.69) is 11.1 Å². The first kappa shape index (κ1) is 28.6. The molecule has 0 saturated heterocycles. The minimum absolute atomic E-state index is 0.212. The summed E-state index contributed by atoms with van der Waals surface area (Å²) in [6.45, 7) is 6.24. The van der Waals surface area contributed by atoms with Gasteiger partial charge in [0.2, 0.25) is 0 Å².